The number of halogens is 4. The molecule has 2 aromatic carbocycles. The Kier molecular flexibility index (Phi) is 7.44. The highest BCUT2D eigenvalue weighted by Gasteiger charge is 2.36. The quantitative estimate of drug-likeness (QED) is 0.271. The van der Waals surface area contributed by atoms with Crippen LogP contribution in [0.5, 0.6) is 11.5 Å². The van der Waals surface area contributed by atoms with Crippen LogP contribution in [0, 0.1) is 5.92 Å². The molecule has 1 saturated carbocycles. The van der Waals surface area contributed by atoms with Gasteiger partial charge in [-0.15, -0.1) is 13.2 Å². The molecule has 206 valence electrons. The van der Waals surface area contributed by atoms with Gasteiger partial charge in [0.25, 0.3) is 0 Å². The van der Waals surface area contributed by atoms with Crippen LogP contribution in [0.2, 0.25) is 5.02 Å². The zero-order valence-electron chi connectivity index (χ0n) is 21.0. The Labute approximate surface area is 226 Å². The highest BCUT2D eigenvalue weighted by Crippen LogP contribution is 2.40. The van der Waals surface area contributed by atoms with Crippen LogP contribution in [0.15, 0.2) is 48.7 Å². The molecule has 0 spiro atoms. The highest BCUT2D eigenvalue weighted by molar-refractivity contribution is 6.31. The molecule has 0 unspecified atom stereocenters. The Balaban J connectivity index is 1.53. The van der Waals surface area contributed by atoms with Crippen LogP contribution in [0.1, 0.15) is 48.7 Å². The number of carboxylic acid groups (broad SMARTS) is 1. The zero-order valence-corrected chi connectivity index (χ0v) is 21.7. The number of nitrogens with zero attached hydrogens (tertiary/aromatic N) is 4. The van der Waals surface area contributed by atoms with Crippen LogP contribution < -0.4 is 9.47 Å². The van der Waals surface area contributed by atoms with Gasteiger partial charge in [0.05, 0.1) is 29.2 Å². The molecule has 1 N–H and O–H groups in total. The minimum atomic E-state index is -4.84. The first-order chi connectivity index (χ1) is 18.6. The number of hydrogen-bond donors (Lipinski definition) is 1. The van der Waals surface area contributed by atoms with E-state index < -0.39 is 24.0 Å². The van der Waals surface area contributed by atoms with Crippen LogP contribution in [0.4, 0.5) is 13.2 Å². The normalized spacial score (nSPS) is 17.9. The van der Waals surface area contributed by atoms with Crippen LogP contribution in [-0.2, 0) is 25.0 Å². The van der Waals surface area contributed by atoms with Gasteiger partial charge in [-0.25, -0.2) is 4.98 Å². The second-order valence-electron chi connectivity index (χ2n) is 9.61. The minimum Gasteiger partial charge on any atom is -0.487 e. The lowest BCUT2D eigenvalue weighted by Crippen LogP contribution is -2.27. The average Bonchev–Trinajstić information content (AvgIpc) is 3.46. The van der Waals surface area contributed by atoms with E-state index in [9.17, 15) is 23.1 Å². The fourth-order valence-corrected chi connectivity index (χ4v) is 5.35. The molecule has 8 nitrogen and oxygen atoms in total. The molecule has 2 aromatic heterocycles. The standard InChI is InChI=1S/C27H26ClF3N4O4/c1-34-11-10-17(33-34)15-38-18-8-9-23-24(13-18)35(25(32-23)20-4-2-3-5-21(20)26(36)37)14-16-6-7-19(12-22(16)28)39-27(29,30)31/h6-13,20-21H,2-5,14-15H2,1H3,(H,36,37)/t20-,21+/m1/s1. The Morgan fingerprint density at radius 2 is 1.90 bits per heavy atom. The first-order valence-corrected chi connectivity index (χ1v) is 12.8. The average molecular weight is 563 g/mol. The lowest BCUT2D eigenvalue weighted by Gasteiger charge is -2.28. The summed E-state index contributed by atoms with van der Waals surface area (Å²) >= 11 is 6.39. The van der Waals surface area contributed by atoms with Gasteiger partial charge < -0.3 is 19.1 Å². The molecule has 1 fully saturated rings. The molecule has 1 aliphatic rings. The predicted octanol–water partition coefficient (Wildman–Crippen LogP) is 6.31. The van der Waals surface area contributed by atoms with E-state index in [-0.39, 0.29) is 24.1 Å². The van der Waals surface area contributed by atoms with Gasteiger partial charge in [-0.1, -0.05) is 30.5 Å². The summed E-state index contributed by atoms with van der Waals surface area (Å²) in [5, 5.41) is 14.3. The second-order valence-corrected chi connectivity index (χ2v) is 10.0. The number of hydrogen-bond acceptors (Lipinski definition) is 5. The van der Waals surface area contributed by atoms with Crippen molar-refractivity contribution in [2.45, 2.75) is 51.1 Å². The van der Waals surface area contributed by atoms with Crippen LogP contribution in [-0.4, -0.2) is 36.8 Å². The van der Waals surface area contributed by atoms with Crippen molar-refractivity contribution in [2.24, 2.45) is 13.0 Å². The number of benzene rings is 2. The molecule has 39 heavy (non-hydrogen) atoms. The van der Waals surface area contributed by atoms with Gasteiger partial charge in [0.1, 0.15) is 23.9 Å². The van der Waals surface area contributed by atoms with Crippen molar-refractivity contribution >= 4 is 28.6 Å². The zero-order chi connectivity index (χ0) is 27.7. The summed E-state index contributed by atoms with van der Waals surface area (Å²) in [7, 11) is 1.82. The van der Waals surface area contributed by atoms with Gasteiger partial charge in [-0.2, -0.15) is 5.10 Å². The van der Waals surface area contributed by atoms with E-state index in [4.69, 9.17) is 21.3 Å². The number of alkyl halides is 3. The molecule has 1 aliphatic carbocycles. The van der Waals surface area contributed by atoms with E-state index in [0.717, 1.165) is 24.6 Å². The second kappa shape index (κ2) is 10.8. The lowest BCUT2D eigenvalue weighted by atomic mass is 9.78. The predicted molar refractivity (Wildman–Crippen MR) is 137 cm³/mol. The summed E-state index contributed by atoms with van der Waals surface area (Å²) in [6, 6.07) is 11.1. The summed E-state index contributed by atoms with van der Waals surface area (Å²) in [5.41, 5.74) is 2.64. The Morgan fingerprint density at radius 1 is 1.13 bits per heavy atom. The van der Waals surface area contributed by atoms with Gasteiger partial charge in [0, 0.05) is 30.3 Å². The number of fused-ring (bicyclic) bond motifs is 1. The first-order valence-electron chi connectivity index (χ1n) is 12.5. The smallest absolute Gasteiger partial charge is 0.487 e. The maximum atomic E-state index is 12.7. The number of aryl methyl sites for hydroxylation is 1. The number of aliphatic carboxylic acids is 1. The van der Waals surface area contributed by atoms with E-state index in [1.807, 2.05) is 36.0 Å². The van der Waals surface area contributed by atoms with E-state index in [1.165, 1.54) is 12.1 Å². The summed E-state index contributed by atoms with van der Waals surface area (Å²) in [4.78, 5) is 16.9. The van der Waals surface area contributed by atoms with Gasteiger partial charge >= 0.3 is 12.3 Å². The third kappa shape index (κ3) is 6.13. The van der Waals surface area contributed by atoms with Crippen molar-refractivity contribution in [3.05, 3.63) is 70.8 Å². The van der Waals surface area contributed by atoms with Gasteiger partial charge in [-0.3, -0.25) is 9.48 Å². The molecular formula is C27H26ClF3N4O4. The number of ether oxygens (including phenoxy) is 2. The fourth-order valence-electron chi connectivity index (χ4n) is 5.12. The molecule has 12 heteroatoms. The summed E-state index contributed by atoms with van der Waals surface area (Å²) in [6.45, 7) is 0.424. The SMILES string of the molecule is Cn1ccc(COc2ccc3nc([C@@H]4CCCC[C@@H]4C(=O)O)n(Cc4ccc(OC(F)(F)F)cc4Cl)c3c2)n1. The first kappa shape index (κ1) is 26.9. The van der Waals surface area contributed by atoms with E-state index in [2.05, 4.69) is 9.84 Å². The molecule has 0 saturated heterocycles. The van der Waals surface area contributed by atoms with Gasteiger partial charge in [-0.05, 0) is 48.7 Å². The largest absolute Gasteiger partial charge is 0.573 e. The number of rotatable bonds is 8. The van der Waals surface area contributed by atoms with Crippen molar-refractivity contribution in [2.75, 3.05) is 0 Å². The molecule has 0 bridgehead atoms. The van der Waals surface area contributed by atoms with Crippen molar-refractivity contribution < 1.29 is 32.5 Å². The van der Waals surface area contributed by atoms with Gasteiger partial charge in [0.15, 0.2) is 0 Å². The topological polar surface area (TPSA) is 91.4 Å². The lowest BCUT2D eigenvalue weighted by molar-refractivity contribution is -0.274. The summed E-state index contributed by atoms with van der Waals surface area (Å²) < 4.78 is 51.6. The third-order valence-corrected chi connectivity index (χ3v) is 7.26. The van der Waals surface area contributed by atoms with Crippen LogP contribution >= 0.6 is 11.6 Å². The Bertz CT molecular complexity index is 1500. The number of imidazole rings is 1. The van der Waals surface area contributed by atoms with Gasteiger partial charge in [0.2, 0.25) is 0 Å². The Hall–Kier alpha value is -3.73. The van der Waals surface area contributed by atoms with E-state index in [0.29, 0.717) is 41.0 Å². The number of aromatic nitrogens is 4. The molecule has 5 rings (SSSR count). The van der Waals surface area contributed by atoms with Crippen molar-refractivity contribution in [3.63, 3.8) is 0 Å². The minimum absolute atomic E-state index is 0.0885. The van der Waals surface area contributed by atoms with E-state index >= 15 is 0 Å². The highest BCUT2D eigenvalue weighted by atomic mass is 35.5. The van der Waals surface area contributed by atoms with E-state index in [1.54, 1.807) is 10.7 Å². The van der Waals surface area contributed by atoms with Crippen molar-refractivity contribution in [1.82, 2.24) is 19.3 Å². The van der Waals surface area contributed by atoms with Crippen molar-refractivity contribution in [3.8, 4) is 11.5 Å². The summed E-state index contributed by atoms with van der Waals surface area (Å²) in [6.07, 6.45) is -0.106. The molecule has 0 radical (unpaired) electrons. The summed E-state index contributed by atoms with van der Waals surface area (Å²) in [5.74, 6) is -1.04. The molecule has 4 aromatic rings. The fraction of sp³-hybridized carbons (Fsp3) is 0.370. The maximum absolute atomic E-state index is 12.7. The van der Waals surface area contributed by atoms with Crippen LogP contribution in [0.25, 0.3) is 11.0 Å². The molecule has 0 aliphatic heterocycles. The molecular weight excluding hydrogens is 537 g/mol. The Morgan fingerprint density at radius 3 is 2.59 bits per heavy atom. The molecule has 2 atom stereocenters. The number of carboxylic acids is 1. The maximum Gasteiger partial charge on any atom is 0.573 e. The number of carbonyl (C=O) groups is 1. The van der Waals surface area contributed by atoms with Crippen LogP contribution in [0.3, 0.4) is 0 Å². The molecule has 0 amide bonds. The van der Waals surface area contributed by atoms with Crippen molar-refractivity contribution in [1.29, 1.82) is 0 Å². The molecule has 2 heterocycles. The third-order valence-electron chi connectivity index (χ3n) is 6.91. The monoisotopic (exact) mass is 562 g/mol.